The van der Waals surface area contributed by atoms with Crippen LogP contribution in [0.4, 0.5) is 5.82 Å². The van der Waals surface area contributed by atoms with Crippen molar-refractivity contribution in [1.29, 1.82) is 0 Å². The summed E-state index contributed by atoms with van der Waals surface area (Å²) < 4.78 is 0.673. The van der Waals surface area contributed by atoms with E-state index in [1.807, 2.05) is 0 Å². The first kappa shape index (κ1) is 9.91. The molecule has 0 aliphatic heterocycles. The molecule has 0 aromatic carbocycles. The van der Waals surface area contributed by atoms with E-state index in [1.54, 1.807) is 13.0 Å². The van der Waals surface area contributed by atoms with Gasteiger partial charge in [-0.25, -0.2) is 9.97 Å². The number of nitrogens with two attached hydrogens (primary N) is 1. The van der Waals surface area contributed by atoms with E-state index in [0.717, 1.165) is 0 Å². The first-order chi connectivity index (χ1) is 6.08. The van der Waals surface area contributed by atoms with Crippen LogP contribution in [0.5, 0.6) is 0 Å². The van der Waals surface area contributed by atoms with E-state index >= 15 is 0 Å². The summed E-state index contributed by atoms with van der Waals surface area (Å²) in [6.45, 7) is 1.84. The second-order valence-corrected chi connectivity index (χ2v) is 3.26. The highest BCUT2D eigenvalue weighted by atomic mass is 79.9. The van der Waals surface area contributed by atoms with Gasteiger partial charge in [-0.1, -0.05) is 0 Å². The molecular weight excluding hydrogens is 236 g/mol. The summed E-state index contributed by atoms with van der Waals surface area (Å²) in [4.78, 5) is 18.5. The molecule has 3 N–H and O–H groups in total. The predicted molar refractivity (Wildman–Crippen MR) is 52.2 cm³/mol. The van der Waals surface area contributed by atoms with Gasteiger partial charge in [0.1, 0.15) is 16.2 Å². The quantitative estimate of drug-likeness (QED) is 0.757. The van der Waals surface area contributed by atoms with Crippen LogP contribution in [-0.4, -0.2) is 22.4 Å². The average Bonchev–Trinajstić information content (AvgIpc) is 1.99. The van der Waals surface area contributed by atoms with Gasteiger partial charge in [-0.2, -0.15) is 0 Å². The molecule has 1 heterocycles. The smallest absolute Gasteiger partial charge is 0.236 e. The lowest BCUT2D eigenvalue weighted by Crippen LogP contribution is -2.22. The molecule has 1 aromatic rings. The maximum atomic E-state index is 10.4. The molecule has 5 nitrogen and oxygen atoms in total. The van der Waals surface area contributed by atoms with Gasteiger partial charge in [0.05, 0.1) is 6.54 Å². The summed E-state index contributed by atoms with van der Waals surface area (Å²) in [6.07, 6.45) is 0. The van der Waals surface area contributed by atoms with Crippen molar-refractivity contribution in [2.24, 2.45) is 5.73 Å². The number of primary amides is 1. The Hall–Kier alpha value is -1.17. The fourth-order valence-electron chi connectivity index (χ4n) is 0.799. The lowest BCUT2D eigenvalue weighted by atomic mass is 10.5. The molecule has 0 aliphatic rings. The number of carbonyl (C=O) groups is 1. The molecule has 6 heteroatoms. The fourth-order valence-corrected chi connectivity index (χ4v) is 1.27. The summed E-state index contributed by atoms with van der Waals surface area (Å²) in [5.41, 5.74) is 4.96. The monoisotopic (exact) mass is 244 g/mol. The third kappa shape index (κ3) is 3.37. The van der Waals surface area contributed by atoms with Crippen LogP contribution < -0.4 is 11.1 Å². The van der Waals surface area contributed by atoms with Crippen molar-refractivity contribution in [3.63, 3.8) is 0 Å². The Bertz CT molecular complexity index is 308. The third-order valence-corrected chi connectivity index (χ3v) is 1.66. The number of rotatable bonds is 3. The normalized spacial score (nSPS) is 9.69. The Kier molecular flexibility index (Phi) is 3.18. The zero-order chi connectivity index (χ0) is 9.84. The minimum atomic E-state index is -0.424. The summed E-state index contributed by atoms with van der Waals surface area (Å²) in [6, 6.07) is 1.68. The van der Waals surface area contributed by atoms with Crippen LogP contribution >= 0.6 is 15.9 Å². The molecule has 0 aliphatic carbocycles. The Balaban J connectivity index is 2.71. The SMILES string of the molecule is Cc1nc(Br)cc(NCC(N)=O)n1. The lowest BCUT2D eigenvalue weighted by Gasteiger charge is -2.03. The largest absolute Gasteiger partial charge is 0.368 e. The minimum absolute atomic E-state index is 0.0723. The van der Waals surface area contributed by atoms with E-state index in [2.05, 4.69) is 31.2 Å². The van der Waals surface area contributed by atoms with E-state index in [9.17, 15) is 4.79 Å². The lowest BCUT2D eigenvalue weighted by molar-refractivity contribution is -0.116. The van der Waals surface area contributed by atoms with Crippen molar-refractivity contribution >= 4 is 27.7 Å². The molecule has 1 aromatic heterocycles. The molecule has 1 rings (SSSR count). The molecule has 13 heavy (non-hydrogen) atoms. The number of hydrogen-bond acceptors (Lipinski definition) is 4. The van der Waals surface area contributed by atoms with Gasteiger partial charge >= 0.3 is 0 Å². The predicted octanol–water partition coefficient (Wildman–Crippen LogP) is 0.445. The average molecular weight is 245 g/mol. The van der Waals surface area contributed by atoms with Gasteiger partial charge < -0.3 is 11.1 Å². The summed E-state index contributed by atoms with van der Waals surface area (Å²) in [5, 5.41) is 2.77. The van der Waals surface area contributed by atoms with Crippen LogP contribution in [-0.2, 0) is 4.79 Å². The molecule has 0 bridgehead atoms. The first-order valence-corrected chi connectivity index (χ1v) is 4.40. The van der Waals surface area contributed by atoms with Crippen LogP contribution in [0.15, 0.2) is 10.7 Å². The number of carbonyl (C=O) groups excluding carboxylic acids is 1. The number of amides is 1. The standard InChI is InChI=1S/C7H9BrN4O/c1-4-11-5(8)2-7(12-4)10-3-6(9)13/h2H,3H2,1H3,(H2,9,13)(H,10,11,12). The number of aromatic nitrogens is 2. The van der Waals surface area contributed by atoms with E-state index < -0.39 is 5.91 Å². The van der Waals surface area contributed by atoms with E-state index in [-0.39, 0.29) is 6.54 Å². The summed E-state index contributed by atoms with van der Waals surface area (Å²) in [5.74, 6) is 0.784. The van der Waals surface area contributed by atoms with Gasteiger partial charge in [-0.05, 0) is 22.9 Å². The van der Waals surface area contributed by atoms with Crippen LogP contribution in [0.25, 0.3) is 0 Å². The molecule has 1 amide bonds. The summed E-state index contributed by atoms with van der Waals surface area (Å²) in [7, 11) is 0. The van der Waals surface area contributed by atoms with Crippen LogP contribution in [0.2, 0.25) is 0 Å². The van der Waals surface area contributed by atoms with Crippen molar-refractivity contribution in [2.75, 3.05) is 11.9 Å². The Morgan fingerprint density at radius 2 is 2.38 bits per heavy atom. The second-order valence-electron chi connectivity index (χ2n) is 2.44. The van der Waals surface area contributed by atoms with E-state index in [0.29, 0.717) is 16.2 Å². The fraction of sp³-hybridized carbons (Fsp3) is 0.286. The number of nitrogens with one attached hydrogen (secondary N) is 1. The zero-order valence-electron chi connectivity index (χ0n) is 7.04. The Labute approximate surface area is 83.9 Å². The van der Waals surface area contributed by atoms with Gasteiger partial charge in [-0.15, -0.1) is 0 Å². The highest BCUT2D eigenvalue weighted by Gasteiger charge is 1.99. The number of anilines is 1. The second kappa shape index (κ2) is 4.18. The Morgan fingerprint density at radius 1 is 1.69 bits per heavy atom. The van der Waals surface area contributed by atoms with Crippen molar-refractivity contribution in [3.8, 4) is 0 Å². The van der Waals surface area contributed by atoms with Crippen molar-refractivity contribution in [2.45, 2.75) is 6.92 Å². The molecule has 0 fully saturated rings. The molecule has 0 spiro atoms. The van der Waals surface area contributed by atoms with Gasteiger partial charge in [0.15, 0.2) is 0 Å². The number of aryl methyl sites for hydroxylation is 1. The highest BCUT2D eigenvalue weighted by molar-refractivity contribution is 9.10. The molecule has 0 saturated carbocycles. The number of halogens is 1. The highest BCUT2D eigenvalue weighted by Crippen LogP contribution is 2.11. The molecule has 0 radical (unpaired) electrons. The number of nitrogens with zero attached hydrogens (tertiary/aromatic N) is 2. The van der Waals surface area contributed by atoms with Crippen molar-refractivity contribution in [3.05, 3.63) is 16.5 Å². The molecule has 70 valence electrons. The zero-order valence-corrected chi connectivity index (χ0v) is 8.63. The van der Waals surface area contributed by atoms with Crippen molar-refractivity contribution in [1.82, 2.24) is 9.97 Å². The molecular formula is C7H9BrN4O. The van der Waals surface area contributed by atoms with E-state index in [4.69, 9.17) is 5.73 Å². The maximum Gasteiger partial charge on any atom is 0.236 e. The van der Waals surface area contributed by atoms with Crippen LogP contribution in [0.3, 0.4) is 0 Å². The maximum absolute atomic E-state index is 10.4. The van der Waals surface area contributed by atoms with Gasteiger partial charge in [0, 0.05) is 6.07 Å². The van der Waals surface area contributed by atoms with Crippen LogP contribution in [0.1, 0.15) is 5.82 Å². The third-order valence-electron chi connectivity index (χ3n) is 1.25. The van der Waals surface area contributed by atoms with E-state index in [1.165, 1.54) is 0 Å². The Morgan fingerprint density at radius 3 is 2.92 bits per heavy atom. The molecule has 0 saturated heterocycles. The van der Waals surface area contributed by atoms with Gasteiger partial charge in [0.25, 0.3) is 0 Å². The summed E-state index contributed by atoms with van der Waals surface area (Å²) >= 11 is 3.21. The van der Waals surface area contributed by atoms with Crippen LogP contribution in [0, 0.1) is 6.92 Å². The molecule has 0 unspecified atom stereocenters. The molecule has 0 atom stereocenters. The minimum Gasteiger partial charge on any atom is -0.368 e. The number of hydrogen-bond donors (Lipinski definition) is 2. The van der Waals surface area contributed by atoms with Gasteiger partial charge in [0.2, 0.25) is 5.91 Å². The van der Waals surface area contributed by atoms with Crippen molar-refractivity contribution < 1.29 is 4.79 Å². The van der Waals surface area contributed by atoms with Gasteiger partial charge in [-0.3, -0.25) is 4.79 Å². The first-order valence-electron chi connectivity index (χ1n) is 3.61. The topological polar surface area (TPSA) is 80.9 Å².